The molecule has 0 aromatic carbocycles. The molecule has 1 saturated heterocycles. The number of nitrogens with zero attached hydrogens (tertiary/aromatic N) is 1. The van der Waals surface area contributed by atoms with Crippen molar-refractivity contribution in [2.24, 2.45) is 5.92 Å². The van der Waals surface area contributed by atoms with Gasteiger partial charge in [-0.05, 0) is 25.9 Å². The highest BCUT2D eigenvalue weighted by Gasteiger charge is 2.13. The molecule has 1 heterocycles. The van der Waals surface area contributed by atoms with E-state index in [0.29, 0.717) is 6.54 Å². The van der Waals surface area contributed by atoms with E-state index in [-0.39, 0.29) is 11.9 Å². The third kappa shape index (κ3) is 4.62. The third-order valence-electron chi connectivity index (χ3n) is 2.86. The van der Waals surface area contributed by atoms with E-state index in [1.165, 1.54) is 33.0 Å². The van der Waals surface area contributed by atoms with Crippen molar-refractivity contribution in [1.82, 2.24) is 10.2 Å². The number of rotatable bonds is 6. The molecule has 0 bridgehead atoms. The molecule has 4 nitrogen and oxygen atoms in total. The van der Waals surface area contributed by atoms with Crippen LogP contribution in [0.15, 0.2) is 0 Å². The van der Waals surface area contributed by atoms with E-state index in [9.17, 15) is 4.79 Å². The SMILES string of the molecule is COC(=O)[C@H](C)CNCCN1CCCC1. The second kappa shape index (κ2) is 6.80. The Kier molecular flexibility index (Phi) is 5.65. The van der Waals surface area contributed by atoms with Crippen molar-refractivity contribution >= 4 is 5.97 Å². The molecule has 1 aliphatic rings. The zero-order chi connectivity index (χ0) is 11.1. The summed E-state index contributed by atoms with van der Waals surface area (Å²) in [6.07, 6.45) is 2.66. The predicted molar refractivity (Wildman–Crippen MR) is 59.7 cm³/mol. The van der Waals surface area contributed by atoms with Gasteiger partial charge in [-0.25, -0.2) is 0 Å². The Bertz CT molecular complexity index is 191. The van der Waals surface area contributed by atoms with E-state index >= 15 is 0 Å². The average molecular weight is 214 g/mol. The maximum Gasteiger partial charge on any atom is 0.309 e. The number of carbonyl (C=O) groups is 1. The summed E-state index contributed by atoms with van der Waals surface area (Å²) in [5.41, 5.74) is 0. The molecule has 88 valence electrons. The second-order valence-electron chi connectivity index (χ2n) is 4.18. The molecule has 0 amide bonds. The van der Waals surface area contributed by atoms with Crippen LogP contribution >= 0.6 is 0 Å². The lowest BCUT2D eigenvalue weighted by molar-refractivity contribution is -0.144. The molecule has 1 N–H and O–H groups in total. The molecule has 0 unspecified atom stereocenters. The minimum atomic E-state index is -0.135. The second-order valence-corrected chi connectivity index (χ2v) is 4.18. The Hall–Kier alpha value is -0.610. The first-order chi connectivity index (χ1) is 7.24. The number of hydrogen-bond acceptors (Lipinski definition) is 4. The average Bonchev–Trinajstić information content (AvgIpc) is 2.75. The molecule has 4 heteroatoms. The first-order valence-electron chi connectivity index (χ1n) is 5.75. The quantitative estimate of drug-likeness (QED) is 0.516. The standard InChI is InChI=1S/C11H22N2O2/c1-10(11(14)15-2)9-12-5-8-13-6-3-4-7-13/h10,12H,3-9H2,1-2H3/t10-/m1/s1. The Morgan fingerprint density at radius 2 is 2.13 bits per heavy atom. The molecule has 1 rings (SSSR count). The highest BCUT2D eigenvalue weighted by Crippen LogP contribution is 2.05. The van der Waals surface area contributed by atoms with Crippen molar-refractivity contribution in [3.8, 4) is 0 Å². The predicted octanol–water partition coefficient (Wildman–Crippen LogP) is 0.481. The molecular weight excluding hydrogens is 192 g/mol. The van der Waals surface area contributed by atoms with Crippen molar-refractivity contribution < 1.29 is 9.53 Å². The van der Waals surface area contributed by atoms with Gasteiger partial charge in [-0.1, -0.05) is 6.92 Å². The molecule has 1 atom stereocenters. The van der Waals surface area contributed by atoms with Gasteiger partial charge in [-0.15, -0.1) is 0 Å². The normalized spacial score (nSPS) is 19.1. The van der Waals surface area contributed by atoms with E-state index in [0.717, 1.165) is 13.1 Å². The van der Waals surface area contributed by atoms with Crippen LogP contribution in [0.3, 0.4) is 0 Å². The van der Waals surface area contributed by atoms with Gasteiger partial charge in [-0.2, -0.15) is 0 Å². The molecule has 0 spiro atoms. The third-order valence-corrected chi connectivity index (χ3v) is 2.86. The summed E-state index contributed by atoms with van der Waals surface area (Å²) < 4.78 is 4.65. The van der Waals surface area contributed by atoms with Gasteiger partial charge in [-0.3, -0.25) is 4.79 Å². The van der Waals surface area contributed by atoms with Crippen LogP contribution in [-0.4, -0.2) is 50.7 Å². The highest BCUT2D eigenvalue weighted by molar-refractivity contribution is 5.71. The zero-order valence-electron chi connectivity index (χ0n) is 9.79. The van der Waals surface area contributed by atoms with Gasteiger partial charge < -0.3 is 15.0 Å². The van der Waals surface area contributed by atoms with Gasteiger partial charge in [0, 0.05) is 19.6 Å². The molecule has 1 fully saturated rings. The fourth-order valence-corrected chi connectivity index (χ4v) is 1.85. The Labute approximate surface area is 92.0 Å². The summed E-state index contributed by atoms with van der Waals surface area (Å²) in [4.78, 5) is 13.5. The number of esters is 1. The van der Waals surface area contributed by atoms with Gasteiger partial charge in [0.05, 0.1) is 13.0 Å². The minimum absolute atomic E-state index is 0.0476. The molecule has 15 heavy (non-hydrogen) atoms. The molecule has 0 saturated carbocycles. The maximum absolute atomic E-state index is 11.1. The van der Waals surface area contributed by atoms with E-state index in [1.807, 2.05) is 6.92 Å². The molecule has 0 aliphatic carbocycles. The van der Waals surface area contributed by atoms with Crippen LogP contribution in [0.5, 0.6) is 0 Å². The number of carbonyl (C=O) groups excluding carboxylic acids is 1. The highest BCUT2D eigenvalue weighted by atomic mass is 16.5. The number of hydrogen-bond donors (Lipinski definition) is 1. The number of ether oxygens (including phenoxy) is 1. The maximum atomic E-state index is 11.1. The minimum Gasteiger partial charge on any atom is -0.469 e. The van der Waals surface area contributed by atoms with Gasteiger partial charge in [0.15, 0.2) is 0 Å². The first-order valence-corrected chi connectivity index (χ1v) is 5.75. The largest absolute Gasteiger partial charge is 0.469 e. The van der Waals surface area contributed by atoms with Gasteiger partial charge in [0.2, 0.25) is 0 Å². The van der Waals surface area contributed by atoms with Crippen LogP contribution in [0.1, 0.15) is 19.8 Å². The molecular formula is C11H22N2O2. The van der Waals surface area contributed by atoms with Gasteiger partial charge in [0.1, 0.15) is 0 Å². The molecule has 0 aromatic rings. The summed E-state index contributed by atoms with van der Waals surface area (Å²) in [6, 6.07) is 0. The van der Waals surface area contributed by atoms with Crippen LogP contribution < -0.4 is 5.32 Å². The molecule has 0 radical (unpaired) electrons. The summed E-state index contributed by atoms with van der Waals surface area (Å²) >= 11 is 0. The lowest BCUT2D eigenvalue weighted by atomic mass is 10.2. The smallest absolute Gasteiger partial charge is 0.309 e. The van der Waals surface area contributed by atoms with Gasteiger partial charge in [0.25, 0.3) is 0 Å². The Morgan fingerprint density at radius 3 is 2.73 bits per heavy atom. The lowest BCUT2D eigenvalue weighted by Gasteiger charge is -2.15. The van der Waals surface area contributed by atoms with Crippen LogP contribution in [0, 0.1) is 5.92 Å². The van der Waals surface area contributed by atoms with Crippen LogP contribution in [0.2, 0.25) is 0 Å². The fourth-order valence-electron chi connectivity index (χ4n) is 1.85. The number of methoxy groups -OCH3 is 1. The molecule has 0 aromatic heterocycles. The topological polar surface area (TPSA) is 41.6 Å². The van der Waals surface area contributed by atoms with Crippen molar-refractivity contribution in [3.63, 3.8) is 0 Å². The van der Waals surface area contributed by atoms with Crippen molar-refractivity contribution in [2.45, 2.75) is 19.8 Å². The fraction of sp³-hybridized carbons (Fsp3) is 0.909. The van der Waals surface area contributed by atoms with E-state index < -0.39 is 0 Å². The Morgan fingerprint density at radius 1 is 1.47 bits per heavy atom. The summed E-state index contributed by atoms with van der Waals surface area (Å²) in [7, 11) is 1.43. The Balaban J connectivity index is 1.98. The van der Waals surface area contributed by atoms with E-state index in [2.05, 4.69) is 15.0 Å². The number of likely N-dealkylation sites (tertiary alicyclic amines) is 1. The van der Waals surface area contributed by atoms with Crippen LogP contribution in [-0.2, 0) is 9.53 Å². The first kappa shape index (κ1) is 12.5. The van der Waals surface area contributed by atoms with E-state index in [1.54, 1.807) is 0 Å². The number of nitrogens with one attached hydrogen (secondary N) is 1. The van der Waals surface area contributed by atoms with Crippen LogP contribution in [0.25, 0.3) is 0 Å². The van der Waals surface area contributed by atoms with Crippen molar-refractivity contribution in [1.29, 1.82) is 0 Å². The van der Waals surface area contributed by atoms with Crippen LogP contribution in [0.4, 0.5) is 0 Å². The van der Waals surface area contributed by atoms with Gasteiger partial charge >= 0.3 is 5.97 Å². The summed E-state index contributed by atoms with van der Waals surface area (Å²) in [5, 5.41) is 3.28. The lowest BCUT2D eigenvalue weighted by Crippen LogP contribution is -2.34. The van der Waals surface area contributed by atoms with Crippen molar-refractivity contribution in [2.75, 3.05) is 39.8 Å². The van der Waals surface area contributed by atoms with E-state index in [4.69, 9.17) is 0 Å². The monoisotopic (exact) mass is 214 g/mol. The summed E-state index contributed by atoms with van der Waals surface area (Å²) in [5.74, 6) is -0.183. The van der Waals surface area contributed by atoms with Crippen molar-refractivity contribution in [3.05, 3.63) is 0 Å². The molecule has 1 aliphatic heterocycles. The summed E-state index contributed by atoms with van der Waals surface area (Å²) in [6.45, 7) is 7.10. The zero-order valence-corrected chi connectivity index (χ0v) is 9.79.